The Hall–Kier alpha value is -10.5. The monoisotopic (exact) mass is 1510 g/mol. The molecule has 4 aliphatic rings. The Morgan fingerprint density at radius 1 is 0.284 bits per heavy atom. The van der Waals surface area contributed by atoms with Crippen LogP contribution in [-0.4, -0.2) is 0 Å². The third kappa shape index (κ3) is 12.4. The van der Waals surface area contributed by atoms with Crippen LogP contribution in [0.5, 0.6) is 0 Å². The second-order valence-corrected chi connectivity index (χ2v) is 35.2. The molecule has 0 amide bonds. The van der Waals surface area contributed by atoms with Crippen LogP contribution in [0.2, 0.25) is 0 Å². The Kier molecular flexibility index (Phi) is 20.9. The van der Waals surface area contributed by atoms with E-state index in [1.54, 1.807) is 22.3 Å². The quantitative estimate of drug-likeness (QED) is 0.0383. The molecule has 0 N–H and O–H groups in total. The van der Waals surface area contributed by atoms with Crippen LogP contribution in [-0.2, 0) is 28.1 Å². The molecule has 15 aromatic rings. The molecule has 0 saturated carbocycles. The zero-order valence-corrected chi connectivity index (χ0v) is 69.3. The number of fused-ring (bicyclic) bond motifs is 22. The smallest absolute Gasteiger partial charge is 0.144 e. The van der Waals surface area contributed by atoms with E-state index in [1.807, 2.05) is 0 Å². The summed E-state index contributed by atoms with van der Waals surface area (Å²) in [6.07, 6.45) is 31.8. The molecule has 13 aromatic carbocycles. The summed E-state index contributed by atoms with van der Waals surface area (Å²) in [5.74, 6) is 0.118. The maximum atomic E-state index is 7.63. The molecule has 0 bridgehead atoms. The van der Waals surface area contributed by atoms with Gasteiger partial charge in [0.1, 0.15) is 22.3 Å². The van der Waals surface area contributed by atoms with Gasteiger partial charge in [-0.1, -0.05) is 410 Å². The zero-order chi connectivity index (χ0) is 78.4. The van der Waals surface area contributed by atoms with Crippen LogP contribution in [0.1, 0.15) is 283 Å². The lowest BCUT2D eigenvalue weighted by atomic mass is 9.62. The van der Waals surface area contributed by atoms with Crippen molar-refractivity contribution in [1.82, 2.24) is 0 Å². The van der Waals surface area contributed by atoms with Crippen molar-refractivity contribution >= 4 is 43.9 Å². The fourth-order valence-corrected chi connectivity index (χ4v) is 23.3. The summed E-state index contributed by atoms with van der Waals surface area (Å²) in [4.78, 5) is 0. The first kappa shape index (κ1) is 75.5. The van der Waals surface area contributed by atoms with Crippen molar-refractivity contribution in [2.75, 3.05) is 0 Å². The molecule has 2 heteroatoms. The molecule has 0 aliphatic heterocycles. The zero-order valence-electron chi connectivity index (χ0n) is 69.3. The lowest BCUT2D eigenvalue weighted by Gasteiger charge is -2.40. The second-order valence-electron chi connectivity index (χ2n) is 35.2. The van der Waals surface area contributed by atoms with E-state index in [9.17, 15) is 0 Å². The third-order valence-corrected chi connectivity index (χ3v) is 28.5. The molecule has 2 aromatic heterocycles. The van der Waals surface area contributed by atoms with Gasteiger partial charge < -0.3 is 8.83 Å². The maximum Gasteiger partial charge on any atom is 0.144 e. The fraction of sp³-hybridized carbons (Fsp3) is 0.316. The lowest BCUT2D eigenvalue weighted by molar-refractivity contribution is 0.368. The number of para-hydroxylation sites is 2. The molecule has 0 radical (unpaired) electrons. The van der Waals surface area contributed by atoms with Crippen molar-refractivity contribution in [2.45, 2.75) is 229 Å². The van der Waals surface area contributed by atoms with Gasteiger partial charge in [-0.25, -0.2) is 0 Å². The summed E-state index contributed by atoms with van der Waals surface area (Å²) >= 11 is 0. The topological polar surface area (TPSA) is 26.3 Å². The average Bonchev–Trinajstić information content (AvgIpc) is 1.50. The molecular formula is C114H114O2. The number of benzene rings is 13. The third-order valence-electron chi connectivity index (χ3n) is 28.5. The number of rotatable bonds is 33. The minimum Gasteiger partial charge on any atom is -0.456 e. The Morgan fingerprint density at radius 3 is 1.32 bits per heavy atom. The van der Waals surface area contributed by atoms with Gasteiger partial charge in [-0.3, -0.25) is 0 Å². The van der Waals surface area contributed by atoms with Gasteiger partial charge in [0, 0.05) is 43.9 Å². The molecule has 582 valence electrons. The SMILES string of the molecule is CCCCCCCC1(CCCCCCC)c2ccccc2-c2c1c1c(c3c2oc2ccccc23)-c2ccc(C(CCc3ccc4c(c3)C(c3ccccc3)(c3ccccc3)c3cc5c(cc3-4)C(c3ccccc3)(c3ccccc3)c3ccc4oc6ccccc6c4c3-5)c3cccc(C)c3)cc2C1(CCCCCCC)CCCCCCC. The summed E-state index contributed by atoms with van der Waals surface area (Å²) in [6.45, 7) is 11.8. The highest BCUT2D eigenvalue weighted by molar-refractivity contribution is 6.21. The van der Waals surface area contributed by atoms with Crippen LogP contribution < -0.4 is 0 Å². The standard InChI is InChI=1S/C114H114O2/c1-6-10-14-18-40-69-111(70-41-19-15-11-7-2)94-58-37-34-55-88(94)107-109(111)108-105(106-91-57-36-39-60-101(91)116-110(106)107)89-66-63-81(75-96(89)112(108,71-42-20-16-12-8-3)72-43-21-17-13-9-4)86(80-46-44-45-78(5)73-80)64-61-79-62-65-87-92-76-99-93(77-98(92)114(97(87)74-79,84-51-30-24-31-52-84)85-53-32-25-33-54-85)103-95(67-68-102-104(103)90-56-35-38-59-100(90)115-102)113(99,82-47-26-22-27-48-82)83-49-28-23-29-50-83/h22-39,44-60,62-63,65-68,73-77,86H,6-21,40-43,61,64,69-72H2,1-5H3. The van der Waals surface area contributed by atoms with E-state index in [1.165, 1.54) is 269 Å². The average molecular weight is 1520 g/mol. The van der Waals surface area contributed by atoms with Gasteiger partial charge in [-0.2, -0.15) is 0 Å². The first-order valence-electron chi connectivity index (χ1n) is 45.1. The van der Waals surface area contributed by atoms with Gasteiger partial charge in [0.15, 0.2) is 0 Å². The molecule has 0 spiro atoms. The van der Waals surface area contributed by atoms with Gasteiger partial charge >= 0.3 is 0 Å². The maximum absolute atomic E-state index is 7.63. The van der Waals surface area contributed by atoms with Crippen LogP contribution in [0.15, 0.2) is 288 Å². The lowest BCUT2D eigenvalue weighted by Crippen LogP contribution is -2.33. The Bertz CT molecular complexity index is 5960. The van der Waals surface area contributed by atoms with Crippen LogP contribution in [0.4, 0.5) is 0 Å². The largest absolute Gasteiger partial charge is 0.456 e. The number of hydrogen-bond acceptors (Lipinski definition) is 2. The summed E-state index contributed by atoms with van der Waals surface area (Å²) in [7, 11) is 0. The summed E-state index contributed by atoms with van der Waals surface area (Å²) in [5, 5.41) is 4.93. The van der Waals surface area contributed by atoms with E-state index in [4.69, 9.17) is 8.83 Å². The van der Waals surface area contributed by atoms with Crippen LogP contribution in [0.3, 0.4) is 0 Å². The van der Waals surface area contributed by atoms with Crippen molar-refractivity contribution in [3.05, 3.63) is 368 Å². The minimum atomic E-state index is -0.675. The van der Waals surface area contributed by atoms with Crippen LogP contribution in [0.25, 0.3) is 88.4 Å². The van der Waals surface area contributed by atoms with Gasteiger partial charge in [0.2, 0.25) is 0 Å². The van der Waals surface area contributed by atoms with Crippen molar-refractivity contribution < 1.29 is 8.83 Å². The van der Waals surface area contributed by atoms with Crippen LogP contribution >= 0.6 is 0 Å². The molecule has 4 aliphatic carbocycles. The summed E-state index contributed by atoms with van der Waals surface area (Å²) < 4.78 is 14.5. The van der Waals surface area contributed by atoms with E-state index >= 15 is 0 Å². The van der Waals surface area contributed by atoms with E-state index in [0.717, 1.165) is 53.4 Å². The molecule has 1 atom stereocenters. The first-order chi connectivity index (χ1) is 57.3. The normalized spacial score (nSPS) is 14.9. The number of unbranched alkanes of at least 4 members (excludes halogenated alkanes) is 16. The highest BCUT2D eigenvalue weighted by atomic mass is 16.3. The molecule has 0 fully saturated rings. The summed E-state index contributed by atoms with van der Waals surface area (Å²) in [5.41, 5.74) is 35.5. The van der Waals surface area contributed by atoms with Gasteiger partial charge in [-0.15, -0.1) is 0 Å². The van der Waals surface area contributed by atoms with Gasteiger partial charge in [0.25, 0.3) is 0 Å². The minimum absolute atomic E-state index is 0.118. The van der Waals surface area contributed by atoms with Gasteiger partial charge in [-0.05, 0) is 198 Å². The highest BCUT2D eigenvalue weighted by Gasteiger charge is 2.56. The molecule has 0 saturated heterocycles. The fourth-order valence-electron chi connectivity index (χ4n) is 23.3. The van der Waals surface area contributed by atoms with E-state index in [2.05, 4.69) is 314 Å². The number of furan rings is 2. The van der Waals surface area contributed by atoms with Crippen molar-refractivity contribution in [3.8, 4) is 44.5 Å². The Labute approximate surface area is 689 Å². The number of hydrogen-bond donors (Lipinski definition) is 0. The van der Waals surface area contributed by atoms with Crippen molar-refractivity contribution in [3.63, 3.8) is 0 Å². The molecule has 19 rings (SSSR count). The van der Waals surface area contributed by atoms with Crippen molar-refractivity contribution in [2.24, 2.45) is 0 Å². The summed E-state index contributed by atoms with van der Waals surface area (Å²) in [6, 6.07) is 109. The van der Waals surface area contributed by atoms with E-state index in [-0.39, 0.29) is 16.7 Å². The Balaban J connectivity index is 0.808. The molecule has 2 nitrogen and oxygen atoms in total. The van der Waals surface area contributed by atoms with E-state index < -0.39 is 10.8 Å². The molecule has 116 heavy (non-hydrogen) atoms. The van der Waals surface area contributed by atoms with E-state index in [0.29, 0.717) is 0 Å². The highest BCUT2D eigenvalue weighted by Crippen LogP contribution is 2.69. The first-order valence-corrected chi connectivity index (χ1v) is 45.1. The second kappa shape index (κ2) is 32.2. The molecule has 1 unspecified atom stereocenters. The predicted octanol–water partition coefficient (Wildman–Crippen LogP) is 32.3. The van der Waals surface area contributed by atoms with Crippen molar-refractivity contribution in [1.29, 1.82) is 0 Å². The molecular weight excluding hydrogens is 1400 g/mol. The predicted molar refractivity (Wildman–Crippen MR) is 489 cm³/mol. The molecule has 2 heterocycles. The van der Waals surface area contributed by atoms with Gasteiger partial charge in [0.05, 0.1) is 10.8 Å². The number of aryl methyl sites for hydroxylation is 2. The Morgan fingerprint density at radius 2 is 0.741 bits per heavy atom. The van der Waals surface area contributed by atoms with Crippen LogP contribution in [0, 0.1) is 6.92 Å².